The number of likely N-dealkylation sites (tertiary alicyclic amines) is 1. The Morgan fingerprint density at radius 2 is 1.73 bits per heavy atom. The number of halogens is 4. The zero-order valence-corrected chi connectivity index (χ0v) is 26.3. The summed E-state index contributed by atoms with van der Waals surface area (Å²) in [6.45, 7) is 1.31. The van der Waals surface area contributed by atoms with Crippen LogP contribution in [0, 0.1) is 5.92 Å². The van der Waals surface area contributed by atoms with E-state index in [4.69, 9.17) is 21.5 Å². The molecular formula is C34H32ClF3N6O4. The second kappa shape index (κ2) is 15.2. The van der Waals surface area contributed by atoms with Crippen LogP contribution in [0.4, 0.5) is 42.0 Å². The van der Waals surface area contributed by atoms with Crippen LogP contribution in [0.15, 0.2) is 79.0 Å². The molecule has 0 unspecified atom stereocenters. The fraction of sp³-hybridized carbons (Fsp3) is 0.265. The number of alkyl halides is 3. The largest absolute Gasteiger partial charge is 0.490 e. The van der Waals surface area contributed by atoms with Crippen molar-refractivity contribution in [3.05, 3.63) is 101 Å². The topological polar surface area (TPSA) is 137 Å². The predicted octanol–water partition coefficient (Wildman–Crippen LogP) is 7.23. The molecule has 0 saturated carbocycles. The molecule has 0 radical (unpaired) electrons. The van der Waals surface area contributed by atoms with Crippen molar-refractivity contribution in [3.63, 3.8) is 0 Å². The van der Waals surface area contributed by atoms with Crippen LogP contribution in [0.3, 0.4) is 0 Å². The number of carbonyl (C=O) groups excluding carboxylic acids is 2. The molecular weight excluding hydrogens is 649 g/mol. The van der Waals surface area contributed by atoms with Gasteiger partial charge in [-0.15, -0.1) is 0 Å². The molecule has 250 valence electrons. The predicted molar refractivity (Wildman–Crippen MR) is 176 cm³/mol. The molecule has 2 aliphatic heterocycles. The number of aliphatic carboxylic acids is 1. The average molecular weight is 681 g/mol. The summed E-state index contributed by atoms with van der Waals surface area (Å²) in [5.41, 5.74) is 5.35. The number of hydrogen-bond acceptors (Lipinski definition) is 7. The maximum absolute atomic E-state index is 13.3. The third-order valence-corrected chi connectivity index (χ3v) is 8.07. The van der Waals surface area contributed by atoms with Crippen LogP contribution in [-0.2, 0) is 22.4 Å². The van der Waals surface area contributed by atoms with Gasteiger partial charge in [0.15, 0.2) is 5.82 Å². The van der Waals surface area contributed by atoms with Crippen LogP contribution in [0.25, 0.3) is 0 Å². The number of aromatic nitrogens is 2. The molecule has 6 rings (SSSR count). The number of rotatable bonds is 4. The molecule has 0 spiro atoms. The van der Waals surface area contributed by atoms with Crippen molar-refractivity contribution in [2.24, 2.45) is 5.92 Å². The molecule has 3 aromatic carbocycles. The lowest BCUT2D eigenvalue weighted by atomic mass is 9.93. The molecule has 6 bridgehead atoms. The lowest BCUT2D eigenvalue weighted by Gasteiger charge is -2.32. The third-order valence-electron chi connectivity index (χ3n) is 7.80. The van der Waals surface area contributed by atoms with Crippen LogP contribution in [0.2, 0.25) is 5.02 Å². The highest BCUT2D eigenvalue weighted by atomic mass is 35.5. The van der Waals surface area contributed by atoms with Crippen LogP contribution in [0.5, 0.6) is 0 Å². The lowest BCUT2D eigenvalue weighted by molar-refractivity contribution is -0.192. The third kappa shape index (κ3) is 9.22. The summed E-state index contributed by atoms with van der Waals surface area (Å²) >= 11 is 6.39. The summed E-state index contributed by atoms with van der Waals surface area (Å²) in [7, 11) is 0. The minimum atomic E-state index is -5.08. The molecule has 48 heavy (non-hydrogen) atoms. The second-order valence-electron chi connectivity index (χ2n) is 11.4. The summed E-state index contributed by atoms with van der Waals surface area (Å²) < 4.78 is 31.7. The van der Waals surface area contributed by atoms with E-state index in [1.807, 2.05) is 65.6 Å². The molecule has 1 aromatic heterocycles. The van der Waals surface area contributed by atoms with Crippen LogP contribution >= 0.6 is 11.6 Å². The first-order valence-corrected chi connectivity index (χ1v) is 15.5. The number of nitrogens with one attached hydrogen (secondary N) is 3. The number of nitrogens with zero attached hydrogens (tertiary/aromatic N) is 3. The average Bonchev–Trinajstić information content (AvgIpc) is 3.06. The van der Waals surface area contributed by atoms with Crippen molar-refractivity contribution >= 4 is 58.2 Å². The molecule has 2 aliphatic rings. The zero-order valence-electron chi connectivity index (χ0n) is 25.6. The van der Waals surface area contributed by atoms with Gasteiger partial charge in [-0.05, 0) is 85.2 Å². The smallest absolute Gasteiger partial charge is 0.475 e. The van der Waals surface area contributed by atoms with Crippen LogP contribution < -0.4 is 16.0 Å². The number of anilines is 5. The van der Waals surface area contributed by atoms with Gasteiger partial charge in [-0.3, -0.25) is 9.59 Å². The Morgan fingerprint density at radius 1 is 0.979 bits per heavy atom. The van der Waals surface area contributed by atoms with Crippen LogP contribution in [0.1, 0.15) is 40.7 Å². The van der Waals surface area contributed by atoms with Crippen LogP contribution in [-0.4, -0.2) is 57.0 Å². The van der Waals surface area contributed by atoms with Crippen molar-refractivity contribution in [3.8, 4) is 0 Å². The zero-order chi connectivity index (χ0) is 34.3. The van der Waals surface area contributed by atoms with Gasteiger partial charge in [0.1, 0.15) is 5.02 Å². The summed E-state index contributed by atoms with van der Waals surface area (Å²) in [4.78, 5) is 45.8. The summed E-state index contributed by atoms with van der Waals surface area (Å²) in [5, 5.41) is 17.2. The Balaban J connectivity index is 0.000000582. The first-order valence-electron chi connectivity index (χ1n) is 15.2. The Kier molecular flexibility index (Phi) is 10.8. The van der Waals surface area contributed by atoms with Gasteiger partial charge in [0.05, 0.1) is 6.20 Å². The maximum Gasteiger partial charge on any atom is 0.490 e. The van der Waals surface area contributed by atoms with E-state index in [0.29, 0.717) is 35.3 Å². The van der Waals surface area contributed by atoms with E-state index < -0.39 is 12.1 Å². The van der Waals surface area contributed by atoms with Crippen molar-refractivity contribution < 1.29 is 32.7 Å². The fourth-order valence-electron chi connectivity index (χ4n) is 5.51. The van der Waals surface area contributed by atoms with Gasteiger partial charge in [-0.1, -0.05) is 41.9 Å². The molecule has 1 atom stereocenters. The number of benzene rings is 3. The second-order valence-corrected chi connectivity index (χ2v) is 11.8. The Hall–Kier alpha value is -5.17. The van der Waals surface area contributed by atoms with Gasteiger partial charge in [-0.25, -0.2) is 9.78 Å². The first-order chi connectivity index (χ1) is 22.9. The quantitative estimate of drug-likeness (QED) is 0.177. The van der Waals surface area contributed by atoms with Crippen molar-refractivity contribution in [1.29, 1.82) is 0 Å². The normalized spacial score (nSPS) is 15.5. The number of amides is 2. The number of carboxylic acids is 1. The minimum absolute atomic E-state index is 0.0280. The van der Waals surface area contributed by atoms with Gasteiger partial charge >= 0.3 is 12.1 Å². The van der Waals surface area contributed by atoms with Gasteiger partial charge in [0, 0.05) is 42.1 Å². The molecule has 1 fully saturated rings. The number of aryl methyl sites for hydroxylation is 2. The summed E-state index contributed by atoms with van der Waals surface area (Å²) in [6, 6.07) is 23.3. The van der Waals surface area contributed by atoms with Crippen molar-refractivity contribution in [2.45, 2.75) is 38.3 Å². The van der Waals surface area contributed by atoms with E-state index in [1.165, 1.54) is 0 Å². The van der Waals surface area contributed by atoms with E-state index in [1.54, 1.807) is 6.20 Å². The van der Waals surface area contributed by atoms with E-state index in [-0.39, 0.29) is 17.7 Å². The highest BCUT2D eigenvalue weighted by Crippen LogP contribution is 2.30. The van der Waals surface area contributed by atoms with E-state index >= 15 is 0 Å². The molecule has 4 N–H and O–H groups in total. The SMILES string of the molecule is O=C(C[C@H]1CCCN(C(=O)c2ccccc2)C1)Nc1ccc2cc1CCc1cccc(c1)Nc1ncc(Cl)c(n1)N2.O=C(O)C(F)(F)F. The van der Waals surface area contributed by atoms with Crippen molar-refractivity contribution in [2.75, 3.05) is 29.0 Å². The van der Waals surface area contributed by atoms with Gasteiger partial charge in [-0.2, -0.15) is 18.2 Å². The number of carbonyl (C=O) groups is 3. The Labute approximate surface area is 279 Å². The fourth-order valence-corrected chi connectivity index (χ4v) is 5.65. The molecule has 3 heterocycles. The standard InChI is InChI=1S/C32H31ClN6O2.C2HF3O2/c33-27-19-34-32-36-25-10-4-6-21(16-25)11-12-24-18-26(35-30(27)38-32)13-14-28(24)37-29(40)17-22-7-5-15-39(20-22)31(41)23-8-2-1-3-9-23;3-2(4,5)1(6)7/h1-4,6,8-10,13-14,16,18-19,22H,5,7,11-12,15,17,20H2,(H,37,40)(H2,34,35,36,38);(H,6,7)/t22-;/m1./s1. The highest BCUT2D eigenvalue weighted by molar-refractivity contribution is 6.32. The molecule has 4 aromatic rings. The molecule has 1 saturated heterocycles. The molecule has 10 nitrogen and oxygen atoms in total. The Bertz CT molecular complexity index is 1790. The molecule has 2 amide bonds. The summed E-state index contributed by atoms with van der Waals surface area (Å²) in [5.74, 6) is -1.71. The van der Waals surface area contributed by atoms with Gasteiger partial charge in [0.25, 0.3) is 5.91 Å². The van der Waals surface area contributed by atoms with Gasteiger partial charge in [0.2, 0.25) is 11.9 Å². The van der Waals surface area contributed by atoms with E-state index in [9.17, 15) is 22.8 Å². The lowest BCUT2D eigenvalue weighted by Crippen LogP contribution is -2.40. The Morgan fingerprint density at radius 3 is 2.48 bits per heavy atom. The minimum Gasteiger partial charge on any atom is -0.475 e. The van der Waals surface area contributed by atoms with Crippen molar-refractivity contribution in [1.82, 2.24) is 14.9 Å². The number of hydrogen-bond donors (Lipinski definition) is 4. The van der Waals surface area contributed by atoms with E-state index in [2.05, 4.69) is 38.1 Å². The van der Waals surface area contributed by atoms with Gasteiger partial charge < -0.3 is 26.0 Å². The summed E-state index contributed by atoms with van der Waals surface area (Å²) in [6.07, 6.45) is 0.189. The number of carboxylic acid groups (broad SMARTS) is 1. The monoisotopic (exact) mass is 680 g/mol. The van der Waals surface area contributed by atoms with E-state index in [0.717, 1.165) is 60.4 Å². The molecule has 14 heteroatoms. The first kappa shape index (κ1) is 34.2. The number of piperidine rings is 1. The highest BCUT2D eigenvalue weighted by Gasteiger charge is 2.38. The number of fused-ring (bicyclic) bond motifs is 6. The maximum atomic E-state index is 13.3. The molecule has 0 aliphatic carbocycles.